The molecular weight excluding hydrogens is 285 g/mol. The van der Waals surface area contributed by atoms with Crippen molar-refractivity contribution in [2.45, 2.75) is 50.9 Å². The second kappa shape index (κ2) is 6.07. The number of hydrogen-bond donors (Lipinski definition) is 1. The number of piperidine rings is 1. The Kier molecular flexibility index (Phi) is 4.58. The number of likely N-dealkylation sites (tertiary alicyclic amines) is 1. The minimum atomic E-state index is -4.42. The molecule has 1 aliphatic carbocycles. The van der Waals surface area contributed by atoms with Crippen molar-refractivity contribution in [1.82, 2.24) is 10.2 Å². The van der Waals surface area contributed by atoms with E-state index in [-0.39, 0.29) is 31.2 Å². The number of nitrogens with zero attached hydrogens (tertiary/aromatic N) is 1. The van der Waals surface area contributed by atoms with Gasteiger partial charge in [0.2, 0.25) is 11.8 Å². The number of carbonyl (C=O) groups is 2. The minimum absolute atomic E-state index is 0.0780. The van der Waals surface area contributed by atoms with Crippen LogP contribution in [0.1, 0.15) is 32.6 Å². The number of alkyl halides is 3. The summed E-state index contributed by atoms with van der Waals surface area (Å²) in [5.41, 5.74) is 0. The minimum Gasteiger partial charge on any atom is -0.351 e. The molecule has 2 aliphatic rings. The molecule has 0 radical (unpaired) electrons. The SMILES string of the molecule is CC(=O)N1C[C@H](NC(=O)C2CC=CC2)CC[C@H]1C(F)(F)F. The summed E-state index contributed by atoms with van der Waals surface area (Å²) in [5, 5.41) is 2.78. The van der Waals surface area contributed by atoms with Crippen molar-refractivity contribution in [3.63, 3.8) is 0 Å². The molecule has 0 aromatic carbocycles. The van der Waals surface area contributed by atoms with E-state index < -0.39 is 24.2 Å². The van der Waals surface area contributed by atoms with Crippen LogP contribution in [0.2, 0.25) is 0 Å². The van der Waals surface area contributed by atoms with Gasteiger partial charge in [0.1, 0.15) is 6.04 Å². The highest BCUT2D eigenvalue weighted by molar-refractivity contribution is 5.80. The van der Waals surface area contributed by atoms with E-state index in [1.807, 2.05) is 12.2 Å². The lowest BCUT2D eigenvalue weighted by Crippen LogP contribution is -2.58. The summed E-state index contributed by atoms with van der Waals surface area (Å²) in [7, 11) is 0. The standard InChI is InChI=1S/C14H19F3N2O2/c1-9(20)19-8-11(6-7-12(19)14(15,16)17)18-13(21)10-4-2-3-5-10/h2-3,10-12H,4-8H2,1H3,(H,18,21)/t11-,12+/m1/s1. The predicted octanol–water partition coefficient (Wildman–Crippen LogP) is 2.01. The third-order valence-electron chi connectivity index (χ3n) is 4.09. The molecule has 21 heavy (non-hydrogen) atoms. The first-order chi connectivity index (χ1) is 9.79. The summed E-state index contributed by atoms with van der Waals surface area (Å²) in [6.07, 6.45) is 0.826. The topological polar surface area (TPSA) is 49.4 Å². The second-order valence-electron chi connectivity index (χ2n) is 5.65. The molecule has 0 spiro atoms. The van der Waals surface area contributed by atoms with Gasteiger partial charge in [0, 0.05) is 25.4 Å². The van der Waals surface area contributed by atoms with Crippen molar-refractivity contribution in [3.8, 4) is 0 Å². The Morgan fingerprint density at radius 1 is 1.19 bits per heavy atom. The van der Waals surface area contributed by atoms with Gasteiger partial charge in [-0.05, 0) is 25.7 Å². The molecule has 1 heterocycles. The van der Waals surface area contributed by atoms with Crippen molar-refractivity contribution >= 4 is 11.8 Å². The van der Waals surface area contributed by atoms with Crippen LogP contribution in [-0.2, 0) is 9.59 Å². The number of halogens is 3. The average Bonchev–Trinajstić information content (AvgIpc) is 2.91. The van der Waals surface area contributed by atoms with Crippen LogP contribution in [-0.4, -0.2) is 41.5 Å². The maximum Gasteiger partial charge on any atom is 0.408 e. The summed E-state index contributed by atoms with van der Waals surface area (Å²) >= 11 is 0. The quantitative estimate of drug-likeness (QED) is 0.793. The van der Waals surface area contributed by atoms with E-state index >= 15 is 0 Å². The van der Waals surface area contributed by atoms with E-state index in [0.29, 0.717) is 12.8 Å². The maximum absolute atomic E-state index is 12.9. The number of nitrogens with one attached hydrogen (secondary N) is 1. The van der Waals surface area contributed by atoms with E-state index in [2.05, 4.69) is 5.32 Å². The normalized spacial score (nSPS) is 27.0. The number of amides is 2. The fourth-order valence-electron chi connectivity index (χ4n) is 2.93. The lowest BCUT2D eigenvalue weighted by Gasteiger charge is -2.40. The number of rotatable bonds is 2. The van der Waals surface area contributed by atoms with Crippen molar-refractivity contribution in [2.24, 2.45) is 5.92 Å². The molecular formula is C14H19F3N2O2. The van der Waals surface area contributed by atoms with Gasteiger partial charge in [0.15, 0.2) is 0 Å². The average molecular weight is 304 g/mol. The molecule has 7 heteroatoms. The molecule has 0 aromatic heterocycles. The Labute approximate surface area is 121 Å². The summed E-state index contributed by atoms with van der Waals surface area (Å²) in [4.78, 5) is 24.3. The van der Waals surface area contributed by atoms with Crippen molar-refractivity contribution in [2.75, 3.05) is 6.54 Å². The smallest absolute Gasteiger partial charge is 0.351 e. The molecule has 0 aromatic rings. The van der Waals surface area contributed by atoms with Crippen LogP contribution in [0.3, 0.4) is 0 Å². The van der Waals surface area contributed by atoms with Crippen LogP contribution in [0.5, 0.6) is 0 Å². The summed E-state index contributed by atoms with van der Waals surface area (Å²) in [6.45, 7) is 1.05. The van der Waals surface area contributed by atoms with Crippen LogP contribution >= 0.6 is 0 Å². The Bertz CT molecular complexity index is 440. The van der Waals surface area contributed by atoms with Gasteiger partial charge in [-0.3, -0.25) is 9.59 Å². The molecule has 4 nitrogen and oxygen atoms in total. The number of carbonyl (C=O) groups excluding carboxylic acids is 2. The van der Waals surface area contributed by atoms with E-state index in [4.69, 9.17) is 0 Å². The lowest BCUT2D eigenvalue weighted by atomic mass is 9.96. The van der Waals surface area contributed by atoms with Crippen LogP contribution in [0.25, 0.3) is 0 Å². The fourth-order valence-corrected chi connectivity index (χ4v) is 2.93. The van der Waals surface area contributed by atoms with E-state index in [0.717, 1.165) is 11.8 Å². The van der Waals surface area contributed by atoms with Gasteiger partial charge in [0.05, 0.1) is 0 Å². The molecule has 2 amide bonds. The molecule has 1 fully saturated rings. The van der Waals surface area contributed by atoms with Crippen LogP contribution in [0.4, 0.5) is 13.2 Å². The molecule has 2 rings (SSSR count). The Morgan fingerprint density at radius 2 is 1.81 bits per heavy atom. The zero-order valence-corrected chi connectivity index (χ0v) is 11.8. The number of hydrogen-bond acceptors (Lipinski definition) is 2. The monoisotopic (exact) mass is 304 g/mol. The third-order valence-corrected chi connectivity index (χ3v) is 4.09. The van der Waals surface area contributed by atoms with E-state index in [1.54, 1.807) is 0 Å². The molecule has 1 saturated heterocycles. The highest BCUT2D eigenvalue weighted by Gasteiger charge is 2.47. The van der Waals surface area contributed by atoms with Crippen molar-refractivity contribution in [1.29, 1.82) is 0 Å². The predicted molar refractivity (Wildman–Crippen MR) is 70.3 cm³/mol. The zero-order valence-electron chi connectivity index (χ0n) is 11.8. The van der Waals surface area contributed by atoms with Crippen LogP contribution in [0, 0.1) is 5.92 Å². The van der Waals surface area contributed by atoms with Gasteiger partial charge < -0.3 is 10.2 Å². The van der Waals surface area contributed by atoms with Gasteiger partial charge in [-0.25, -0.2) is 0 Å². The Morgan fingerprint density at radius 3 is 2.33 bits per heavy atom. The molecule has 2 atom stereocenters. The van der Waals surface area contributed by atoms with E-state index in [1.165, 1.54) is 0 Å². The van der Waals surface area contributed by atoms with Crippen molar-refractivity contribution in [3.05, 3.63) is 12.2 Å². The number of allylic oxidation sites excluding steroid dienone is 2. The van der Waals surface area contributed by atoms with Gasteiger partial charge in [-0.1, -0.05) is 12.2 Å². The first-order valence-corrected chi connectivity index (χ1v) is 7.08. The van der Waals surface area contributed by atoms with Crippen LogP contribution < -0.4 is 5.32 Å². The molecule has 1 aliphatic heterocycles. The highest BCUT2D eigenvalue weighted by Crippen LogP contribution is 2.32. The van der Waals surface area contributed by atoms with Crippen LogP contribution in [0.15, 0.2) is 12.2 Å². The fraction of sp³-hybridized carbons (Fsp3) is 0.714. The zero-order chi connectivity index (χ0) is 15.6. The van der Waals surface area contributed by atoms with E-state index in [9.17, 15) is 22.8 Å². The first-order valence-electron chi connectivity index (χ1n) is 7.08. The molecule has 0 bridgehead atoms. The third kappa shape index (κ3) is 3.77. The maximum atomic E-state index is 12.9. The van der Waals surface area contributed by atoms with Gasteiger partial charge in [-0.2, -0.15) is 13.2 Å². The molecule has 0 unspecified atom stereocenters. The summed E-state index contributed by atoms with van der Waals surface area (Å²) in [6, 6.07) is -2.14. The van der Waals surface area contributed by atoms with Crippen molar-refractivity contribution < 1.29 is 22.8 Å². The first kappa shape index (κ1) is 15.9. The molecule has 1 N–H and O–H groups in total. The van der Waals surface area contributed by atoms with Gasteiger partial charge >= 0.3 is 6.18 Å². The Hall–Kier alpha value is -1.53. The Balaban J connectivity index is 1.95. The molecule has 118 valence electrons. The molecule has 0 saturated carbocycles. The summed E-state index contributed by atoms with van der Waals surface area (Å²) < 4.78 is 38.7. The van der Waals surface area contributed by atoms with Gasteiger partial charge in [-0.15, -0.1) is 0 Å². The largest absolute Gasteiger partial charge is 0.408 e. The highest BCUT2D eigenvalue weighted by atomic mass is 19.4. The van der Waals surface area contributed by atoms with Gasteiger partial charge in [0.25, 0.3) is 0 Å². The lowest BCUT2D eigenvalue weighted by molar-refractivity contribution is -0.196. The summed E-state index contributed by atoms with van der Waals surface area (Å²) in [5.74, 6) is -0.881. The second-order valence-corrected chi connectivity index (χ2v) is 5.65.